The van der Waals surface area contributed by atoms with Gasteiger partial charge in [-0.2, -0.15) is 5.10 Å². The van der Waals surface area contributed by atoms with Crippen molar-refractivity contribution in [3.8, 4) is 0 Å². The smallest absolute Gasteiger partial charge is 0.153 e. The third-order valence-corrected chi connectivity index (χ3v) is 3.47. The molecule has 94 valence electrons. The molecule has 1 aromatic rings. The molecular weight excluding hydrogens is 218 g/mol. The second-order valence-electron chi connectivity index (χ2n) is 4.64. The van der Waals surface area contributed by atoms with Crippen LogP contribution in [-0.2, 0) is 23.0 Å². The first-order valence-electron chi connectivity index (χ1n) is 5.99. The van der Waals surface area contributed by atoms with Crippen molar-refractivity contribution in [2.24, 2.45) is 12.8 Å². The van der Waals surface area contributed by atoms with Crippen molar-refractivity contribution in [2.75, 3.05) is 13.2 Å². The quantitative estimate of drug-likeness (QED) is 0.824. The Morgan fingerprint density at radius 2 is 2.29 bits per heavy atom. The summed E-state index contributed by atoms with van der Waals surface area (Å²) in [4.78, 5) is 12.1. The zero-order valence-corrected chi connectivity index (χ0v) is 10.2. The number of aryl methyl sites for hydroxylation is 2. The number of rotatable bonds is 4. The van der Waals surface area contributed by atoms with Crippen LogP contribution in [0.2, 0.25) is 0 Å². The monoisotopic (exact) mass is 237 g/mol. The van der Waals surface area contributed by atoms with Gasteiger partial charge in [-0.05, 0) is 25.3 Å². The third-order valence-electron chi connectivity index (χ3n) is 3.47. The van der Waals surface area contributed by atoms with E-state index < -0.39 is 5.54 Å². The summed E-state index contributed by atoms with van der Waals surface area (Å²) in [5, 5.41) is 4.08. The van der Waals surface area contributed by atoms with E-state index in [-0.39, 0.29) is 5.78 Å². The van der Waals surface area contributed by atoms with Crippen LogP contribution in [0.5, 0.6) is 0 Å². The van der Waals surface area contributed by atoms with Gasteiger partial charge in [-0.1, -0.05) is 0 Å². The van der Waals surface area contributed by atoms with Crippen LogP contribution in [0.1, 0.15) is 25.0 Å². The third kappa shape index (κ3) is 2.73. The number of carbonyl (C=O) groups excluding carboxylic acids is 1. The molecule has 5 nitrogen and oxygen atoms in total. The first-order chi connectivity index (χ1) is 8.12. The number of carbonyl (C=O) groups is 1. The Morgan fingerprint density at radius 3 is 2.88 bits per heavy atom. The zero-order chi connectivity index (χ0) is 12.3. The molecule has 0 spiro atoms. The van der Waals surface area contributed by atoms with Crippen molar-refractivity contribution in [1.82, 2.24) is 9.78 Å². The summed E-state index contributed by atoms with van der Waals surface area (Å²) >= 11 is 0. The van der Waals surface area contributed by atoms with E-state index in [4.69, 9.17) is 10.5 Å². The average molecular weight is 237 g/mol. The summed E-state index contributed by atoms with van der Waals surface area (Å²) in [5.41, 5.74) is 6.52. The average Bonchev–Trinajstić information content (AvgIpc) is 2.73. The topological polar surface area (TPSA) is 70.1 Å². The largest absolute Gasteiger partial charge is 0.381 e. The van der Waals surface area contributed by atoms with Crippen molar-refractivity contribution in [2.45, 2.75) is 31.2 Å². The molecule has 1 aromatic heterocycles. The molecule has 1 fully saturated rings. The van der Waals surface area contributed by atoms with Crippen LogP contribution in [0.25, 0.3) is 0 Å². The first kappa shape index (κ1) is 12.3. The summed E-state index contributed by atoms with van der Waals surface area (Å²) in [5.74, 6) is 0.141. The minimum Gasteiger partial charge on any atom is -0.381 e. The second kappa shape index (κ2) is 4.98. The van der Waals surface area contributed by atoms with E-state index in [0.717, 1.165) is 5.69 Å². The molecule has 0 aliphatic carbocycles. The lowest BCUT2D eigenvalue weighted by atomic mass is 9.84. The first-order valence-corrected chi connectivity index (χ1v) is 5.99. The molecule has 0 radical (unpaired) electrons. The van der Waals surface area contributed by atoms with Crippen LogP contribution in [0.3, 0.4) is 0 Å². The number of ketones is 1. The number of hydrogen-bond donors (Lipinski definition) is 1. The second-order valence-corrected chi connectivity index (χ2v) is 4.64. The van der Waals surface area contributed by atoms with Gasteiger partial charge in [0, 0.05) is 38.6 Å². The lowest BCUT2D eigenvalue weighted by Gasteiger charge is -2.31. The summed E-state index contributed by atoms with van der Waals surface area (Å²) in [6.45, 7) is 1.18. The molecule has 1 saturated heterocycles. The molecule has 2 heterocycles. The number of Topliss-reactive ketones (excluding diaryl/α,β-unsaturated/α-hetero) is 1. The highest BCUT2D eigenvalue weighted by atomic mass is 16.5. The molecule has 5 heteroatoms. The number of hydrogen-bond acceptors (Lipinski definition) is 4. The van der Waals surface area contributed by atoms with Crippen LogP contribution < -0.4 is 5.73 Å². The van der Waals surface area contributed by atoms with E-state index in [1.165, 1.54) is 0 Å². The van der Waals surface area contributed by atoms with E-state index in [1.807, 2.05) is 13.1 Å². The van der Waals surface area contributed by atoms with E-state index in [0.29, 0.717) is 38.9 Å². The Morgan fingerprint density at radius 1 is 1.59 bits per heavy atom. The fraction of sp³-hybridized carbons (Fsp3) is 0.667. The molecule has 17 heavy (non-hydrogen) atoms. The maximum atomic E-state index is 12.1. The van der Waals surface area contributed by atoms with E-state index in [1.54, 1.807) is 10.9 Å². The van der Waals surface area contributed by atoms with Crippen LogP contribution in [-0.4, -0.2) is 34.3 Å². The summed E-state index contributed by atoms with van der Waals surface area (Å²) in [6, 6.07) is 1.93. The van der Waals surface area contributed by atoms with Crippen LogP contribution >= 0.6 is 0 Å². The van der Waals surface area contributed by atoms with E-state index in [2.05, 4.69) is 5.10 Å². The van der Waals surface area contributed by atoms with Crippen molar-refractivity contribution in [3.05, 3.63) is 18.0 Å². The van der Waals surface area contributed by atoms with Gasteiger partial charge in [-0.25, -0.2) is 0 Å². The molecule has 1 aliphatic rings. The molecule has 1 aliphatic heterocycles. The zero-order valence-electron chi connectivity index (χ0n) is 10.2. The van der Waals surface area contributed by atoms with Crippen molar-refractivity contribution in [1.29, 1.82) is 0 Å². The number of nitrogens with zero attached hydrogens (tertiary/aromatic N) is 2. The predicted molar refractivity (Wildman–Crippen MR) is 63.5 cm³/mol. The molecule has 0 amide bonds. The fourth-order valence-electron chi connectivity index (χ4n) is 2.15. The van der Waals surface area contributed by atoms with Gasteiger partial charge in [0.15, 0.2) is 5.78 Å². The number of nitrogens with two attached hydrogens (primary N) is 1. The molecule has 2 rings (SSSR count). The normalized spacial score (nSPS) is 19.2. The number of ether oxygens (including phenoxy) is 1. The van der Waals surface area contributed by atoms with Crippen molar-refractivity contribution < 1.29 is 9.53 Å². The Bertz CT molecular complexity index is 394. The lowest BCUT2D eigenvalue weighted by Crippen LogP contribution is -2.52. The van der Waals surface area contributed by atoms with Crippen LogP contribution in [0.4, 0.5) is 0 Å². The van der Waals surface area contributed by atoms with Crippen LogP contribution in [0, 0.1) is 0 Å². The highest BCUT2D eigenvalue weighted by molar-refractivity contribution is 5.88. The molecule has 2 N–H and O–H groups in total. The Balaban J connectivity index is 1.91. The molecule has 0 atom stereocenters. The van der Waals surface area contributed by atoms with Crippen molar-refractivity contribution in [3.63, 3.8) is 0 Å². The predicted octanol–water partition coefficient (Wildman–Crippen LogP) is 0.430. The van der Waals surface area contributed by atoms with Gasteiger partial charge in [0.1, 0.15) is 0 Å². The minimum atomic E-state index is -0.670. The lowest BCUT2D eigenvalue weighted by molar-refractivity contribution is -0.127. The SMILES string of the molecule is Cn1nccc1CCC(=O)C1(N)CCOCC1. The van der Waals surface area contributed by atoms with Gasteiger partial charge in [0.2, 0.25) is 0 Å². The molecular formula is C12H19N3O2. The highest BCUT2D eigenvalue weighted by Crippen LogP contribution is 2.21. The van der Waals surface area contributed by atoms with Gasteiger partial charge < -0.3 is 10.5 Å². The number of aromatic nitrogens is 2. The molecule has 0 aromatic carbocycles. The summed E-state index contributed by atoms with van der Waals surface area (Å²) < 4.78 is 7.03. The van der Waals surface area contributed by atoms with Gasteiger partial charge in [-0.15, -0.1) is 0 Å². The maximum Gasteiger partial charge on any atom is 0.153 e. The van der Waals surface area contributed by atoms with E-state index >= 15 is 0 Å². The van der Waals surface area contributed by atoms with Gasteiger partial charge in [0.25, 0.3) is 0 Å². The van der Waals surface area contributed by atoms with E-state index in [9.17, 15) is 4.79 Å². The molecule has 0 saturated carbocycles. The van der Waals surface area contributed by atoms with Gasteiger partial charge >= 0.3 is 0 Å². The Hall–Kier alpha value is -1.20. The van der Waals surface area contributed by atoms with Crippen LogP contribution in [0.15, 0.2) is 12.3 Å². The maximum absolute atomic E-state index is 12.1. The Kier molecular flexibility index (Phi) is 3.59. The molecule has 0 bridgehead atoms. The Labute approximate surface area is 101 Å². The van der Waals surface area contributed by atoms with Gasteiger partial charge in [0.05, 0.1) is 5.54 Å². The summed E-state index contributed by atoms with van der Waals surface area (Å²) in [6.07, 6.45) is 4.20. The minimum absolute atomic E-state index is 0.141. The summed E-state index contributed by atoms with van der Waals surface area (Å²) in [7, 11) is 1.88. The van der Waals surface area contributed by atoms with Gasteiger partial charge in [-0.3, -0.25) is 9.48 Å². The standard InChI is InChI=1S/C12H19N3O2/c1-15-10(4-7-14-15)2-3-11(16)12(13)5-8-17-9-6-12/h4,7H,2-3,5-6,8-9,13H2,1H3. The van der Waals surface area contributed by atoms with Crippen molar-refractivity contribution >= 4 is 5.78 Å². The highest BCUT2D eigenvalue weighted by Gasteiger charge is 2.34. The fourth-order valence-corrected chi connectivity index (χ4v) is 2.15. The molecule has 0 unspecified atom stereocenters.